The van der Waals surface area contributed by atoms with Crippen molar-refractivity contribution in [1.82, 2.24) is 14.8 Å². The monoisotopic (exact) mass is 502 g/mol. The summed E-state index contributed by atoms with van der Waals surface area (Å²) in [6.07, 6.45) is 1.61. The van der Waals surface area contributed by atoms with E-state index in [0.717, 1.165) is 17.0 Å². The highest BCUT2D eigenvalue weighted by atomic mass is 35.5. The first-order chi connectivity index (χ1) is 16.0. The minimum atomic E-state index is -0.156. The van der Waals surface area contributed by atoms with Crippen molar-refractivity contribution in [3.63, 3.8) is 0 Å². The molecule has 4 rings (SSSR count). The average Bonchev–Trinajstić information content (AvgIpc) is 3.44. The van der Waals surface area contributed by atoms with Crippen LogP contribution in [-0.2, 0) is 17.9 Å². The van der Waals surface area contributed by atoms with Gasteiger partial charge in [-0.15, -0.1) is 10.2 Å². The molecular formula is C23H20Cl2N4O3S. The lowest BCUT2D eigenvalue weighted by Gasteiger charge is -2.11. The van der Waals surface area contributed by atoms with E-state index in [1.54, 1.807) is 48.7 Å². The lowest BCUT2D eigenvalue weighted by Crippen LogP contribution is -2.16. The Morgan fingerprint density at radius 1 is 1.12 bits per heavy atom. The molecule has 10 heteroatoms. The van der Waals surface area contributed by atoms with Gasteiger partial charge >= 0.3 is 0 Å². The Morgan fingerprint density at radius 2 is 1.91 bits per heavy atom. The molecule has 0 aliphatic carbocycles. The van der Waals surface area contributed by atoms with Gasteiger partial charge in [0.05, 0.1) is 18.6 Å². The highest BCUT2D eigenvalue weighted by Crippen LogP contribution is 2.23. The van der Waals surface area contributed by atoms with Crippen LogP contribution in [0.15, 0.2) is 70.4 Å². The van der Waals surface area contributed by atoms with Gasteiger partial charge in [0.2, 0.25) is 5.91 Å². The summed E-state index contributed by atoms with van der Waals surface area (Å²) in [5.41, 5.74) is 1.61. The summed E-state index contributed by atoms with van der Waals surface area (Å²) in [4.78, 5) is 12.5. The first-order valence-electron chi connectivity index (χ1n) is 9.99. The predicted octanol–water partition coefficient (Wildman–Crippen LogP) is 5.84. The zero-order valence-corrected chi connectivity index (χ0v) is 20.0. The summed E-state index contributed by atoms with van der Waals surface area (Å²) in [5, 5.41) is 13.3. The average molecular weight is 503 g/mol. The first-order valence-corrected chi connectivity index (χ1v) is 11.7. The van der Waals surface area contributed by atoms with Gasteiger partial charge in [-0.3, -0.25) is 9.36 Å². The summed E-state index contributed by atoms with van der Waals surface area (Å²) in [6, 6.07) is 16.1. The molecule has 1 N–H and O–H groups in total. The van der Waals surface area contributed by atoms with E-state index < -0.39 is 0 Å². The minimum absolute atomic E-state index is 0.156. The molecule has 170 valence electrons. The van der Waals surface area contributed by atoms with Crippen molar-refractivity contribution in [2.45, 2.75) is 25.2 Å². The fraction of sp³-hybridized carbons (Fsp3) is 0.174. The number of thioether (sulfide) groups is 1. The number of carbonyl (C=O) groups excluding carboxylic acids is 1. The second-order valence-corrected chi connectivity index (χ2v) is 8.92. The van der Waals surface area contributed by atoms with E-state index in [1.165, 1.54) is 11.8 Å². The Morgan fingerprint density at radius 3 is 2.64 bits per heavy atom. The number of hydrogen-bond donors (Lipinski definition) is 1. The normalized spacial score (nSPS) is 10.9. The Balaban J connectivity index is 1.44. The number of halogens is 2. The number of amides is 1. The molecule has 1 amide bonds. The van der Waals surface area contributed by atoms with E-state index in [0.29, 0.717) is 33.3 Å². The molecule has 0 saturated carbocycles. The zero-order valence-electron chi connectivity index (χ0n) is 17.6. The van der Waals surface area contributed by atoms with E-state index in [2.05, 4.69) is 15.5 Å². The summed E-state index contributed by atoms with van der Waals surface area (Å²) < 4.78 is 13.2. The summed E-state index contributed by atoms with van der Waals surface area (Å²) in [6.45, 7) is 2.51. The summed E-state index contributed by atoms with van der Waals surface area (Å²) >= 11 is 13.2. The lowest BCUT2D eigenvalue weighted by atomic mass is 10.2. The molecule has 0 aliphatic rings. The minimum Gasteiger partial charge on any atom is -0.486 e. The van der Waals surface area contributed by atoms with Crippen LogP contribution < -0.4 is 10.1 Å². The van der Waals surface area contributed by atoms with Gasteiger partial charge in [0.1, 0.15) is 18.1 Å². The highest BCUT2D eigenvalue weighted by molar-refractivity contribution is 7.99. The molecule has 0 bridgehead atoms. The van der Waals surface area contributed by atoms with Gasteiger partial charge in [-0.05, 0) is 67.1 Å². The number of carbonyl (C=O) groups is 1. The fourth-order valence-electron chi connectivity index (χ4n) is 3.01. The van der Waals surface area contributed by atoms with Crippen molar-refractivity contribution in [3.8, 4) is 5.75 Å². The maximum Gasteiger partial charge on any atom is 0.234 e. The van der Waals surface area contributed by atoms with Crippen LogP contribution in [0.5, 0.6) is 5.75 Å². The number of anilines is 1. The summed E-state index contributed by atoms with van der Waals surface area (Å²) in [5.74, 6) is 2.02. The molecule has 0 radical (unpaired) electrons. The first kappa shape index (κ1) is 23.2. The van der Waals surface area contributed by atoms with Crippen LogP contribution in [0.1, 0.15) is 17.1 Å². The van der Waals surface area contributed by atoms with Crippen LogP contribution in [0.4, 0.5) is 5.69 Å². The fourth-order valence-corrected chi connectivity index (χ4v) is 4.12. The standard InChI is InChI=1S/C23H20Cl2N4O3S/c1-15-11-17(25)6-9-20(15)26-22(30)14-33-23-28-27-21(29(23)12-19-3-2-10-31-19)13-32-18-7-4-16(24)5-8-18/h2-11H,12-14H2,1H3,(H,26,30). The summed E-state index contributed by atoms with van der Waals surface area (Å²) in [7, 11) is 0. The van der Waals surface area contributed by atoms with E-state index in [9.17, 15) is 4.79 Å². The topological polar surface area (TPSA) is 82.2 Å². The van der Waals surface area contributed by atoms with Crippen molar-refractivity contribution < 1.29 is 13.9 Å². The quantitative estimate of drug-likeness (QED) is 0.289. The number of furan rings is 1. The van der Waals surface area contributed by atoms with Crippen molar-refractivity contribution >= 4 is 46.6 Å². The van der Waals surface area contributed by atoms with Gasteiger partial charge < -0.3 is 14.5 Å². The third-order valence-corrected chi connectivity index (χ3v) is 6.12. The zero-order chi connectivity index (χ0) is 23.2. The number of nitrogens with one attached hydrogen (secondary N) is 1. The Labute approximate surface area is 205 Å². The smallest absolute Gasteiger partial charge is 0.234 e. The van der Waals surface area contributed by atoms with Crippen LogP contribution in [0.3, 0.4) is 0 Å². The van der Waals surface area contributed by atoms with E-state index in [-0.39, 0.29) is 18.3 Å². The maximum absolute atomic E-state index is 12.5. The van der Waals surface area contributed by atoms with Crippen LogP contribution in [0.2, 0.25) is 10.0 Å². The number of aromatic nitrogens is 3. The Kier molecular flexibility index (Phi) is 7.59. The largest absolute Gasteiger partial charge is 0.486 e. The van der Waals surface area contributed by atoms with Crippen molar-refractivity contribution in [3.05, 3.63) is 88.1 Å². The van der Waals surface area contributed by atoms with Crippen molar-refractivity contribution in [1.29, 1.82) is 0 Å². The van der Waals surface area contributed by atoms with Gasteiger partial charge in [-0.1, -0.05) is 35.0 Å². The molecule has 0 unspecified atom stereocenters. The molecular weight excluding hydrogens is 483 g/mol. The van der Waals surface area contributed by atoms with Crippen LogP contribution in [-0.4, -0.2) is 26.4 Å². The van der Waals surface area contributed by atoms with Crippen molar-refractivity contribution in [2.75, 3.05) is 11.1 Å². The number of aryl methyl sites for hydroxylation is 1. The lowest BCUT2D eigenvalue weighted by molar-refractivity contribution is -0.113. The molecule has 0 spiro atoms. The third kappa shape index (κ3) is 6.31. The number of hydrogen-bond acceptors (Lipinski definition) is 6. The van der Waals surface area contributed by atoms with Gasteiger partial charge in [0.25, 0.3) is 0 Å². The van der Waals surface area contributed by atoms with E-state index in [4.69, 9.17) is 32.4 Å². The van der Waals surface area contributed by atoms with Crippen LogP contribution >= 0.6 is 35.0 Å². The SMILES string of the molecule is Cc1cc(Cl)ccc1NC(=O)CSc1nnc(COc2ccc(Cl)cc2)n1Cc1ccco1. The van der Waals surface area contributed by atoms with Crippen molar-refractivity contribution in [2.24, 2.45) is 0 Å². The third-order valence-electron chi connectivity index (χ3n) is 4.66. The van der Waals surface area contributed by atoms with E-state index in [1.807, 2.05) is 23.6 Å². The highest BCUT2D eigenvalue weighted by Gasteiger charge is 2.17. The Bertz CT molecular complexity index is 1230. The predicted molar refractivity (Wildman–Crippen MR) is 129 cm³/mol. The molecule has 2 aromatic carbocycles. The number of nitrogens with zero attached hydrogens (tertiary/aromatic N) is 3. The number of rotatable bonds is 9. The molecule has 7 nitrogen and oxygen atoms in total. The molecule has 0 saturated heterocycles. The molecule has 33 heavy (non-hydrogen) atoms. The molecule has 0 fully saturated rings. The molecule has 2 heterocycles. The molecule has 2 aromatic heterocycles. The van der Waals surface area contributed by atoms with Crippen LogP contribution in [0.25, 0.3) is 0 Å². The van der Waals surface area contributed by atoms with Gasteiger partial charge in [0.15, 0.2) is 11.0 Å². The second kappa shape index (κ2) is 10.8. The van der Waals surface area contributed by atoms with Gasteiger partial charge in [-0.25, -0.2) is 0 Å². The molecule has 0 atom stereocenters. The molecule has 4 aromatic rings. The number of ether oxygens (including phenoxy) is 1. The number of benzene rings is 2. The van der Waals surface area contributed by atoms with E-state index >= 15 is 0 Å². The Hall–Kier alpha value is -2.94. The maximum atomic E-state index is 12.5. The van der Waals surface area contributed by atoms with Gasteiger partial charge in [-0.2, -0.15) is 0 Å². The van der Waals surface area contributed by atoms with Crippen LogP contribution in [0, 0.1) is 6.92 Å². The van der Waals surface area contributed by atoms with Gasteiger partial charge in [0, 0.05) is 15.7 Å². The molecule has 0 aliphatic heterocycles. The second-order valence-electron chi connectivity index (χ2n) is 7.10.